The van der Waals surface area contributed by atoms with E-state index in [1.165, 1.54) is 49.8 Å². The SMILES string of the molecule is CNC1CCc2c1cnn2C1CCCC1. The fourth-order valence-electron chi connectivity index (χ4n) is 3.15. The maximum atomic E-state index is 4.59. The quantitative estimate of drug-likeness (QED) is 0.802. The van der Waals surface area contributed by atoms with Gasteiger partial charge in [-0.2, -0.15) is 5.10 Å². The molecule has 1 N–H and O–H groups in total. The van der Waals surface area contributed by atoms with Crippen molar-refractivity contribution in [2.75, 3.05) is 7.05 Å². The number of hydrogen-bond acceptors (Lipinski definition) is 2. The lowest BCUT2D eigenvalue weighted by Crippen LogP contribution is -2.12. The Hall–Kier alpha value is -0.830. The van der Waals surface area contributed by atoms with E-state index in [2.05, 4.69) is 21.3 Å². The summed E-state index contributed by atoms with van der Waals surface area (Å²) in [5.41, 5.74) is 2.95. The zero-order valence-corrected chi connectivity index (χ0v) is 9.37. The third kappa shape index (κ3) is 1.41. The number of nitrogens with one attached hydrogen (secondary N) is 1. The summed E-state index contributed by atoms with van der Waals surface area (Å²) in [5.74, 6) is 0. The van der Waals surface area contributed by atoms with Gasteiger partial charge in [-0.3, -0.25) is 4.68 Å². The minimum atomic E-state index is 0.551. The van der Waals surface area contributed by atoms with Crippen molar-refractivity contribution in [2.24, 2.45) is 0 Å². The molecule has 1 unspecified atom stereocenters. The Labute approximate surface area is 90.9 Å². The van der Waals surface area contributed by atoms with Crippen LogP contribution in [0, 0.1) is 0 Å². The van der Waals surface area contributed by atoms with Crippen LogP contribution in [-0.2, 0) is 6.42 Å². The molecule has 1 aromatic rings. The van der Waals surface area contributed by atoms with Gasteiger partial charge in [-0.15, -0.1) is 0 Å². The molecule has 1 fully saturated rings. The van der Waals surface area contributed by atoms with Crippen LogP contribution in [0.15, 0.2) is 6.20 Å². The lowest BCUT2D eigenvalue weighted by atomic mass is 10.2. The first kappa shape index (κ1) is 9.40. The Bertz CT molecular complexity index is 350. The highest BCUT2D eigenvalue weighted by atomic mass is 15.3. The van der Waals surface area contributed by atoms with Crippen molar-refractivity contribution in [3.8, 4) is 0 Å². The standard InChI is InChI=1S/C12H19N3/c1-13-11-6-7-12-10(11)8-14-15(12)9-4-2-3-5-9/h8-9,11,13H,2-7H2,1H3. The highest BCUT2D eigenvalue weighted by molar-refractivity contribution is 5.27. The van der Waals surface area contributed by atoms with Crippen LogP contribution in [0.1, 0.15) is 55.4 Å². The fourth-order valence-corrected chi connectivity index (χ4v) is 3.15. The molecule has 1 saturated carbocycles. The van der Waals surface area contributed by atoms with Gasteiger partial charge in [0.25, 0.3) is 0 Å². The molecule has 0 radical (unpaired) electrons. The first-order chi connectivity index (χ1) is 7.40. The van der Waals surface area contributed by atoms with E-state index >= 15 is 0 Å². The second-order valence-electron chi connectivity index (χ2n) is 4.81. The third-order valence-electron chi connectivity index (χ3n) is 4.00. The summed E-state index contributed by atoms with van der Waals surface area (Å²) in [6.07, 6.45) is 9.97. The first-order valence-electron chi connectivity index (χ1n) is 6.13. The molecule has 1 heterocycles. The zero-order valence-electron chi connectivity index (χ0n) is 9.37. The Morgan fingerprint density at radius 2 is 2.13 bits per heavy atom. The minimum Gasteiger partial charge on any atom is -0.313 e. The molecule has 3 nitrogen and oxygen atoms in total. The molecule has 3 rings (SSSR count). The van der Waals surface area contributed by atoms with Crippen LogP contribution in [0.5, 0.6) is 0 Å². The van der Waals surface area contributed by atoms with E-state index in [-0.39, 0.29) is 0 Å². The summed E-state index contributed by atoms with van der Waals surface area (Å²) in [4.78, 5) is 0. The van der Waals surface area contributed by atoms with Crippen molar-refractivity contribution < 1.29 is 0 Å². The lowest BCUT2D eigenvalue weighted by Gasteiger charge is -2.12. The Balaban J connectivity index is 1.91. The number of aromatic nitrogens is 2. The van der Waals surface area contributed by atoms with Gasteiger partial charge in [0.1, 0.15) is 0 Å². The van der Waals surface area contributed by atoms with Crippen molar-refractivity contribution in [1.29, 1.82) is 0 Å². The number of hydrogen-bond donors (Lipinski definition) is 1. The van der Waals surface area contributed by atoms with Gasteiger partial charge in [0.05, 0.1) is 12.2 Å². The summed E-state index contributed by atoms with van der Waals surface area (Å²) < 4.78 is 2.32. The molecule has 1 atom stereocenters. The fraction of sp³-hybridized carbons (Fsp3) is 0.750. The van der Waals surface area contributed by atoms with Crippen LogP contribution in [0.2, 0.25) is 0 Å². The van der Waals surface area contributed by atoms with Gasteiger partial charge >= 0.3 is 0 Å². The van der Waals surface area contributed by atoms with Gasteiger partial charge in [-0.25, -0.2) is 0 Å². The predicted octanol–water partition coefficient (Wildman–Crippen LogP) is 2.20. The van der Waals surface area contributed by atoms with Gasteiger partial charge in [0.15, 0.2) is 0 Å². The van der Waals surface area contributed by atoms with Crippen molar-refractivity contribution >= 4 is 0 Å². The largest absolute Gasteiger partial charge is 0.313 e. The molecule has 0 aromatic carbocycles. The predicted molar refractivity (Wildman–Crippen MR) is 59.9 cm³/mol. The highest BCUT2D eigenvalue weighted by Crippen LogP contribution is 2.36. The van der Waals surface area contributed by atoms with Crippen LogP contribution < -0.4 is 5.32 Å². The van der Waals surface area contributed by atoms with Gasteiger partial charge < -0.3 is 5.32 Å². The van der Waals surface area contributed by atoms with Gasteiger partial charge in [-0.05, 0) is 32.7 Å². The summed E-state index contributed by atoms with van der Waals surface area (Å²) in [7, 11) is 2.05. The van der Waals surface area contributed by atoms with E-state index in [1.807, 2.05) is 7.05 Å². The molecule has 1 aromatic heterocycles. The smallest absolute Gasteiger partial charge is 0.0540 e. The number of fused-ring (bicyclic) bond motifs is 1. The highest BCUT2D eigenvalue weighted by Gasteiger charge is 2.28. The zero-order chi connectivity index (χ0) is 10.3. The average Bonchev–Trinajstić information content (AvgIpc) is 2.93. The second kappa shape index (κ2) is 3.63. The minimum absolute atomic E-state index is 0.551. The van der Waals surface area contributed by atoms with E-state index in [4.69, 9.17) is 0 Å². The van der Waals surface area contributed by atoms with Crippen LogP contribution in [0.3, 0.4) is 0 Å². The molecule has 82 valence electrons. The van der Waals surface area contributed by atoms with E-state index < -0.39 is 0 Å². The molecule has 2 aliphatic carbocycles. The summed E-state index contributed by atoms with van der Waals surface area (Å²) >= 11 is 0. The number of nitrogens with zero attached hydrogens (tertiary/aromatic N) is 2. The molecule has 2 aliphatic rings. The topological polar surface area (TPSA) is 29.9 Å². The van der Waals surface area contributed by atoms with Crippen LogP contribution >= 0.6 is 0 Å². The monoisotopic (exact) mass is 205 g/mol. The van der Waals surface area contributed by atoms with Crippen LogP contribution in [0.25, 0.3) is 0 Å². The molecule has 0 bridgehead atoms. The lowest BCUT2D eigenvalue weighted by molar-refractivity contribution is 0.449. The maximum absolute atomic E-state index is 4.59. The van der Waals surface area contributed by atoms with Gasteiger partial charge in [0.2, 0.25) is 0 Å². The van der Waals surface area contributed by atoms with E-state index in [9.17, 15) is 0 Å². The molecule has 15 heavy (non-hydrogen) atoms. The van der Waals surface area contributed by atoms with Crippen LogP contribution in [-0.4, -0.2) is 16.8 Å². The molecular formula is C12H19N3. The molecule has 0 amide bonds. The first-order valence-corrected chi connectivity index (χ1v) is 6.13. The molecule has 0 aliphatic heterocycles. The van der Waals surface area contributed by atoms with Crippen molar-refractivity contribution in [2.45, 2.75) is 50.6 Å². The van der Waals surface area contributed by atoms with E-state index in [1.54, 1.807) is 0 Å². The summed E-state index contributed by atoms with van der Waals surface area (Å²) in [6.45, 7) is 0. The Morgan fingerprint density at radius 3 is 2.87 bits per heavy atom. The normalized spacial score (nSPS) is 26.1. The Kier molecular flexibility index (Phi) is 2.28. The number of rotatable bonds is 2. The molecule has 3 heteroatoms. The van der Waals surface area contributed by atoms with E-state index in [0.29, 0.717) is 12.1 Å². The van der Waals surface area contributed by atoms with Crippen molar-refractivity contribution in [3.63, 3.8) is 0 Å². The second-order valence-corrected chi connectivity index (χ2v) is 4.81. The summed E-state index contributed by atoms with van der Waals surface area (Å²) in [5, 5.41) is 7.97. The molecule has 0 saturated heterocycles. The summed E-state index contributed by atoms with van der Waals surface area (Å²) in [6, 6.07) is 1.25. The van der Waals surface area contributed by atoms with Crippen molar-refractivity contribution in [3.05, 3.63) is 17.5 Å². The van der Waals surface area contributed by atoms with Gasteiger partial charge in [0, 0.05) is 17.3 Å². The van der Waals surface area contributed by atoms with Gasteiger partial charge in [-0.1, -0.05) is 12.8 Å². The van der Waals surface area contributed by atoms with Crippen LogP contribution in [0.4, 0.5) is 0 Å². The molecule has 0 spiro atoms. The Morgan fingerprint density at radius 1 is 1.33 bits per heavy atom. The van der Waals surface area contributed by atoms with E-state index in [0.717, 1.165) is 0 Å². The van der Waals surface area contributed by atoms with Crippen molar-refractivity contribution in [1.82, 2.24) is 15.1 Å². The third-order valence-corrected chi connectivity index (χ3v) is 4.00. The molecular weight excluding hydrogens is 186 g/mol. The maximum Gasteiger partial charge on any atom is 0.0540 e. The average molecular weight is 205 g/mol.